The van der Waals surface area contributed by atoms with Gasteiger partial charge in [-0.2, -0.15) is 0 Å². The summed E-state index contributed by atoms with van der Waals surface area (Å²) < 4.78 is 16.8. The molecule has 3 aromatic carbocycles. The number of aliphatic hydroxyl groups is 1. The van der Waals surface area contributed by atoms with Gasteiger partial charge in [0.1, 0.15) is 23.9 Å². The van der Waals surface area contributed by atoms with Crippen LogP contribution in [0.3, 0.4) is 0 Å². The second kappa shape index (κ2) is 12.4. The number of benzene rings is 3. The number of rotatable bonds is 9. The number of carbonyl (C=O) groups excluding carboxylic acids is 2. The monoisotopic (exact) mass is 542 g/mol. The molecule has 40 heavy (non-hydrogen) atoms. The fourth-order valence-corrected chi connectivity index (χ4v) is 5.14. The van der Waals surface area contributed by atoms with Crippen molar-refractivity contribution in [3.05, 3.63) is 101 Å². The van der Waals surface area contributed by atoms with Gasteiger partial charge in [-0.15, -0.1) is 0 Å². The van der Waals surface area contributed by atoms with Gasteiger partial charge < -0.3 is 24.2 Å². The molecule has 0 bridgehead atoms. The summed E-state index contributed by atoms with van der Waals surface area (Å²) in [5.74, 6) is -0.306. The Morgan fingerprint density at radius 3 is 2.42 bits per heavy atom. The maximum Gasteiger partial charge on any atom is 0.295 e. The van der Waals surface area contributed by atoms with Crippen molar-refractivity contribution in [2.45, 2.75) is 19.6 Å². The molecule has 0 radical (unpaired) electrons. The second-order valence-electron chi connectivity index (χ2n) is 9.96. The van der Waals surface area contributed by atoms with Gasteiger partial charge in [0.05, 0.1) is 31.9 Å². The third-order valence-corrected chi connectivity index (χ3v) is 7.49. The van der Waals surface area contributed by atoms with E-state index in [2.05, 4.69) is 4.90 Å². The van der Waals surface area contributed by atoms with Crippen molar-refractivity contribution in [3.63, 3.8) is 0 Å². The van der Waals surface area contributed by atoms with Crippen LogP contribution >= 0.6 is 0 Å². The molecule has 208 valence electrons. The number of ketones is 1. The van der Waals surface area contributed by atoms with E-state index < -0.39 is 17.7 Å². The number of morpholine rings is 1. The predicted octanol–water partition coefficient (Wildman–Crippen LogP) is 4.34. The molecular formula is C32H34N2O6. The minimum absolute atomic E-state index is 0.0637. The number of amides is 1. The summed E-state index contributed by atoms with van der Waals surface area (Å²) in [6, 6.07) is 21.4. The Bertz CT molecular complexity index is 1390. The van der Waals surface area contributed by atoms with Gasteiger partial charge in [0.25, 0.3) is 11.7 Å². The van der Waals surface area contributed by atoms with Crippen LogP contribution in [-0.2, 0) is 20.9 Å². The molecule has 8 nitrogen and oxygen atoms in total. The molecule has 5 rings (SSSR count). The highest BCUT2D eigenvalue weighted by molar-refractivity contribution is 6.46. The van der Waals surface area contributed by atoms with Crippen molar-refractivity contribution >= 4 is 17.4 Å². The summed E-state index contributed by atoms with van der Waals surface area (Å²) in [6.45, 7) is 6.22. The average molecular weight is 543 g/mol. The van der Waals surface area contributed by atoms with Crippen LogP contribution in [0.2, 0.25) is 0 Å². The predicted molar refractivity (Wildman–Crippen MR) is 151 cm³/mol. The Morgan fingerprint density at radius 1 is 0.950 bits per heavy atom. The smallest absolute Gasteiger partial charge is 0.295 e. The number of hydrogen-bond donors (Lipinski definition) is 1. The zero-order valence-corrected chi connectivity index (χ0v) is 22.8. The molecule has 2 fully saturated rings. The molecule has 2 aliphatic heterocycles. The Kier molecular flexibility index (Phi) is 8.48. The van der Waals surface area contributed by atoms with Gasteiger partial charge in [-0.25, -0.2) is 0 Å². The number of carbonyl (C=O) groups is 2. The number of hydrogen-bond acceptors (Lipinski definition) is 7. The van der Waals surface area contributed by atoms with Crippen molar-refractivity contribution in [2.24, 2.45) is 0 Å². The van der Waals surface area contributed by atoms with E-state index in [9.17, 15) is 14.7 Å². The second-order valence-corrected chi connectivity index (χ2v) is 9.96. The maximum absolute atomic E-state index is 13.4. The highest BCUT2D eigenvalue weighted by Crippen LogP contribution is 2.40. The van der Waals surface area contributed by atoms with E-state index in [-0.39, 0.29) is 11.3 Å². The van der Waals surface area contributed by atoms with E-state index in [1.165, 1.54) is 0 Å². The zero-order valence-electron chi connectivity index (χ0n) is 22.8. The molecule has 1 amide bonds. The molecule has 0 aliphatic carbocycles. The van der Waals surface area contributed by atoms with Crippen LogP contribution in [0.25, 0.3) is 5.76 Å². The summed E-state index contributed by atoms with van der Waals surface area (Å²) >= 11 is 0. The zero-order chi connectivity index (χ0) is 28.1. The Hall–Kier alpha value is -4.14. The minimum atomic E-state index is -0.742. The Balaban J connectivity index is 1.43. The summed E-state index contributed by atoms with van der Waals surface area (Å²) in [7, 11) is 1.57. The van der Waals surface area contributed by atoms with Gasteiger partial charge in [-0.3, -0.25) is 14.5 Å². The van der Waals surface area contributed by atoms with Gasteiger partial charge in [0.2, 0.25) is 0 Å². The fraction of sp³-hybridized carbons (Fsp3) is 0.312. The van der Waals surface area contributed by atoms with E-state index in [1.54, 1.807) is 48.4 Å². The van der Waals surface area contributed by atoms with Crippen molar-refractivity contribution in [1.82, 2.24) is 9.80 Å². The average Bonchev–Trinajstić information content (AvgIpc) is 3.25. The van der Waals surface area contributed by atoms with Gasteiger partial charge in [-0.1, -0.05) is 36.4 Å². The molecule has 2 saturated heterocycles. The Morgan fingerprint density at radius 2 is 1.70 bits per heavy atom. The third kappa shape index (κ3) is 5.88. The van der Waals surface area contributed by atoms with E-state index in [0.29, 0.717) is 55.5 Å². The number of aryl methyl sites for hydroxylation is 1. The van der Waals surface area contributed by atoms with Gasteiger partial charge in [0, 0.05) is 31.7 Å². The van der Waals surface area contributed by atoms with Crippen LogP contribution in [0.15, 0.2) is 78.4 Å². The minimum Gasteiger partial charge on any atom is -0.507 e. The first-order valence-corrected chi connectivity index (χ1v) is 13.5. The van der Waals surface area contributed by atoms with Crippen LogP contribution in [0.4, 0.5) is 0 Å². The van der Waals surface area contributed by atoms with Gasteiger partial charge >= 0.3 is 0 Å². The molecule has 0 saturated carbocycles. The molecule has 3 aromatic rings. The topological polar surface area (TPSA) is 88.5 Å². The van der Waals surface area contributed by atoms with Crippen LogP contribution in [0.1, 0.15) is 28.3 Å². The molecule has 8 heteroatoms. The first-order chi connectivity index (χ1) is 19.5. The number of Topliss-reactive ketones (excluding diaryl/α,β-unsaturated/α-hetero) is 1. The van der Waals surface area contributed by atoms with Crippen LogP contribution in [0, 0.1) is 6.92 Å². The molecule has 2 heterocycles. The quantitative estimate of drug-likeness (QED) is 0.245. The standard InChI is InChI=1S/C32H34N2O6/c1-22-6-3-4-7-25(22)21-40-26-12-10-23(11-13-26)30(35)28-29(24-8-5-9-27(20-24)38-2)34(32(37)31(28)36)15-14-33-16-18-39-19-17-33/h3-13,20,29,35H,14-19,21H2,1-2H3/b30-28+. The summed E-state index contributed by atoms with van der Waals surface area (Å²) in [4.78, 5) is 30.4. The lowest BCUT2D eigenvalue weighted by Crippen LogP contribution is -2.42. The van der Waals surface area contributed by atoms with E-state index >= 15 is 0 Å². The molecule has 2 aliphatic rings. The highest BCUT2D eigenvalue weighted by Gasteiger charge is 2.46. The number of ether oxygens (including phenoxy) is 3. The largest absolute Gasteiger partial charge is 0.507 e. The SMILES string of the molecule is COc1cccc(C2/C(=C(\O)c3ccc(OCc4ccccc4C)cc3)C(=O)C(=O)N2CCN2CCOCC2)c1. The molecule has 1 N–H and O–H groups in total. The molecule has 1 unspecified atom stereocenters. The summed E-state index contributed by atoms with van der Waals surface area (Å²) in [5, 5.41) is 11.4. The lowest BCUT2D eigenvalue weighted by atomic mass is 9.95. The van der Waals surface area contributed by atoms with E-state index in [0.717, 1.165) is 24.2 Å². The van der Waals surface area contributed by atoms with Crippen molar-refractivity contribution in [1.29, 1.82) is 0 Å². The maximum atomic E-state index is 13.4. The first kappa shape index (κ1) is 27.4. The lowest BCUT2D eigenvalue weighted by Gasteiger charge is -2.31. The van der Waals surface area contributed by atoms with Crippen molar-refractivity contribution < 1.29 is 28.9 Å². The molecule has 0 spiro atoms. The van der Waals surface area contributed by atoms with Crippen LogP contribution in [0.5, 0.6) is 11.5 Å². The third-order valence-electron chi connectivity index (χ3n) is 7.49. The number of nitrogens with zero attached hydrogens (tertiary/aromatic N) is 2. The molecule has 1 atom stereocenters. The summed E-state index contributed by atoms with van der Waals surface area (Å²) in [6.07, 6.45) is 0. The van der Waals surface area contributed by atoms with Crippen LogP contribution in [-0.4, -0.2) is 73.1 Å². The lowest BCUT2D eigenvalue weighted by molar-refractivity contribution is -0.140. The number of methoxy groups -OCH3 is 1. The Labute approximate surface area is 234 Å². The van der Waals surface area contributed by atoms with Gasteiger partial charge in [-0.05, 0) is 60.0 Å². The number of likely N-dealkylation sites (tertiary alicyclic amines) is 1. The normalized spacial score (nSPS) is 19.1. The first-order valence-electron chi connectivity index (χ1n) is 13.5. The summed E-state index contributed by atoms with van der Waals surface area (Å²) in [5.41, 5.74) is 3.42. The molecular weight excluding hydrogens is 508 g/mol. The fourth-order valence-electron chi connectivity index (χ4n) is 5.14. The van der Waals surface area contributed by atoms with E-state index in [1.807, 2.05) is 43.3 Å². The van der Waals surface area contributed by atoms with Crippen LogP contribution < -0.4 is 9.47 Å². The van der Waals surface area contributed by atoms with E-state index in [4.69, 9.17) is 14.2 Å². The highest BCUT2D eigenvalue weighted by atomic mass is 16.5. The van der Waals surface area contributed by atoms with Gasteiger partial charge in [0.15, 0.2) is 0 Å². The molecule has 0 aromatic heterocycles. The number of aliphatic hydroxyl groups excluding tert-OH is 1. The van der Waals surface area contributed by atoms with Crippen molar-refractivity contribution in [3.8, 4) is 11.5 Å². The van der Waals surface area contributed by atoms with Crippen molar-refractivity contribution in [2.75, 3.05) is 46.5 Å².